The van der Waals surface area contributed by atoms with E-state index in [2.05, 4.69) is 4.99 Å². The second-order valence-corrected chi connectivity index (χ2v) is 6.92. The summed E-state index contributed by atoms with van der Waals surface area (Å²) in [6.07, 6.45) is 3.92. The summed E-state index contributed by atoms with van der Waals surface area (Å²) in [6, 6.07) is -0.0661. The van der Waals surface area contributed by atoms with E-state index < -0.39 is 10.0 Å². The zero-order valence-corrected chi connectivity index (χ0v) is 11.1. The second kappa shape index (κ2) is 5.93. The van der Waals surface area contributed by atoms with Gasteiger partial charge in [-0.2, -0.15) is 0 Å². The number of carbonyl (C=O) groups excluding carboxylic acids is 1. The zero-order chi connectivity index (χ0) is 13.0. The molecule has 102 valence electrons. The lowest BCUT2D eigenvalue weighted by Gasteiger charge is -2.33. The maximum atomic E-state index is 12.4. The zero-order valence-electron chi connectivity index (χ0n) is 10.2. The highest BCUT2D eigenvalue weighted by Crippen LogP contribution is 2.23. The molecule has 0 bridgehead atoms. The Hall–Kier alpha value is -0.750. The van der Waals surface area contributed by atoms with Crippen LogP contribution in [-0.2, 0) is 19.6 Å². The second-order valence-electron chi connectivity index (χ2n) is 4.71. The van der Waals surface area contributed by atoms with E-state index in [9.17, 15) is 13.2 Å². The Labute approximate surface area is 107 Å². The van der Waals surface area contributed by atoms with Crippen molar-refractivity contribution in [1.29, 1.82) is 0 Å². The summed E-state index contributed by atoms with van der Waals surface area (Å²) in [5, 5.41) is -0.308. The van der Waals surface area contributed by atoms with Crippen LogP contribution in [0.25, 0.3) is 0 Å². The normalized spacial score (nSPS) is 24.7. The molecule has 0 aromatic rings. The van der Waals surface area contributed by atoms with Gasteiger partial charge in [-0.15, -0.1) is 0 Å². The maximum absolute atomic E-state index is 12.4. The van der Waals surface area contributed by atoms with E-state index in [1.165, 1.54) is 0 Å². The minimum atomic E-state index is -3.21. The van der Waals surface area contributed by atoms with Crippen LogP contribution in [0.2, 0.25) is 0 Å². The van der Waals surface area contributed by atoms with Crippen molar-refractivity contribution in [3.63, 3.8) is 0 Å². The van der Waals surface area contributed by atoms with Gasteiger partial charge in [0.1, 0.15) is 0 Å². The first kappa shape index (κ1) is 13.7. The van der Waals surface area contributed by atoms with Crippen LogP contribution < -0.4 is 0 Å². The topological polar surface area (TPSA) is 76.0 Å². The van der Waals surface area contributed by atoms with Gasteiger partial charge in [-0.25, -0.2) is 22.5 Å². The molecule has 0 aliphatic carbocycles. The van der Waals surface area contributed by atoms with E-state index in [0.717, 1.165) is 0 Å². The molecule has 0 amide bonds. The SMILES string of the molecule is O=C=NC1CCN(S(=O)(=O)C2CCOCC2)CC1. The molecule has 2 heterocycles. The van der Waals surface area contributed by atoms with Gasteiger partial charge in [0.15, 0.2) is 0 Å². The van der Waals surface area contributed by atoms with E-state index in [-0.39, 0.29) is 11.3 Å². The molecule has 0 spiro atoms. The molecule has 0 aromatic heterocycles. The largest absolute Gasteiger partial charge is 0.381 e. The molecular weight excluding hydrogens is 256 g/mol. The maximum Gasteiger partial charge on any atom is 0.235 e. The van der Waals surface area contributed by atoms with Gasteiger partial charge in [0, 0.05) is 26.3 Å². The van der Waals surface area contributed by atoms with Crippen LogP contribution in [0, 0.1) is 0 Å². The number of hydrogen-bond donors (Lipinski definition) is 0. The molecule has 18 heavy (non-hydrogen) atoms. The van der Waals surface area contributed by atoms with Crippen LogP contribution in [0.4, 0.5) is 0 Å². The van der Waals surface area contributed by atoms with Gasteiger partial charge in [0.25, 0.3) is 0 Å². The van der Waals surface area contributed by atoms with E-state index in [0.29, 0.717) is 52.0 Å². The van der Waals surface area contributed by atoms with Gasteiger partial charge >= 0.3 is 0 Å². The van der Waals surface area contributed by atoms with E-state index >= 15 is 0 Å². The molecule has 2 aliphatic heterocycles. The molecule has 0 unspecified atom stereocenters. The fraction of sp³-hybridized carbons (Fsp3) is 0.909. The van der Waals surface area contributed by atoms with Crippen LogP contribution in [0.15, 0.2) is 4.99 Å². The summed E-state index contributed by atoms with van der Waals surface area (Å²) in [4.78, 5) is 13.8. The van der Waals surface area contributed by atoms with Crippen LogP contribution >= 0.6 is 0 Å². The average molecular weight is 274 g/mol. The van der Waals surface area contributed by atoms with Crippen molar-refractivity contribution >= 4 is 16.1 Å². The number of hydrogen-bond acceptors (Lipinski definition) is 5. The molecule has 0 radical (unpaired) electrons. The third kappa shape index (κ3) is 2.98. The number of isocyanates is 1. The molecule has 7 heteroatoms. The summed E-state index contributed by atoms with van der Waals surface area (Å²) in [5.41, 5.74) is 0. The van der Waals surface area contributed by atoms with E-state index in [1.807, 2.05) is 0 Å². The summed E-state index contributed by atoms with van der Waals surface area (Å²) in [7, 11) is -3.21. The van der Waals surface area contributed by atoms with Gasteiger partial charge in [-0.1, -0.05) is 0 Å². The number of piperidine rings is 1. The van der Waals surface area contributed by atoms with E-state index in [1.54, 1.807) is 10.4 Å². The minimum Gasteiger partial charge on any atom is -0.381 e. The Kier molecular flexibility index (Phi) is 4.50. The lowest BCUT2D eigenvalue weighted by atomic mass is 10.1. The summed E-state index contributed by atoms with van der Waals surface area (Å²) >= 11 is 0. The third-order valence-corrected chi connectivity index (χ3v) is 6.01. The van der Waals surface area contributed by atoms with Crippen molar-refractivity contribution in [2.75, 3.05) is 26.3 Å². The lowest BCUT2D eigenvalue weighted by molar-refractivity contribution is 0.0969. The summed E-state index contributed by atoms with van der Waals surface area (Å²) in [5.74, 6) is 0. The quantitative estimate of drug-likeness (QED) is 0.548. The highest BCUT2D eigenvalue weighted by Gasteiger charge is 2.35. The number of sulfonamides is 1. The molecule has 2 rings (SSSR count). The first-order chi connectivity index (χ1) is 8.64. The van der Waals surface area contributed by atoms with Gasteiger partial charge in [0.05, 0.1) is 11.3 Å². The molecular formula is C11H18N2O4S. The number of aliphatic imine (C=N–C) groups is 1. The van der Waals surface area contributed by atoms with Crippen molar-refractivity contribution in [1.82, 2.24) is 4.31 Å². The van der Waals surface area contributed by atoms with Crippen molar-refractivity contribution < 1.29 is 17.9 Å². The molecule has 2 fully saturated rings. The van der Waals surface area contributed by atoms with Crippen LogP contribution in [0.3, 0.4) is 0 Å². The van der Waals surface area contributed by atoms with Crippen LogP contribution in [0.1, 0.15) is 25.7 Å². The fourth-order valence-electron chi connectivity index (χ4n) is 2.48. The molecule has 2 saturated heterocycles. The lowest BCUT2D eigenvalue weighted by Crippen LogP contribution is -2.45. The van der Waals surface area contributed by atoms with Crippen LogP contribution in [0.5, 0.6) is 0 Å². The molecule has 0 N–H and O–H groups in total. The van der Waals surface area contributed by atoms with Crippen molar-refractivity contribution in [3.8, 4) is 0 Å². The Morgan fingerprint density at radius 1 is 1.11 bits per heavy atom. The fourth-order valence-corrected chi connectivity index (χ4v) is 4.41. The van der Waals surface area contributed by atoms with Crippen molar-refractivity contribution in [2.24, 2.45) is 4.99 Å². The Morgan fingerprint density at radius 2 is 1.72 bits per heavy atom. The summed E-state index contributed by atoms with van der Waals surface area (Å²) in [6.45, 7) is 1.96. The molecule has 2 aliphatic rings. The third-order valence-electron chi connectivity index (χ3n) is 3.61. The first-order valence-corrected chi connectivity index (χ1v) is 7.78. The predicted molar refractivity (Wildman–Crippen MR) is 65.5 cm³/mol. The van der Waals surface area contributed by atoms with Gasteiger partial charge < -0.3 is 4.74 Å². The minimum absolute atomic E-state index is 0.0661. The molecule has 6 nitrogen and oxygen atoms in total. The number of nitrogens with zero attached hydrogens (tertiary/aromatic N) is 2. The average Bonchev–Trinajstić information content (AvgIpc) is 2.41. The Bertz CT molecular complexity index is 416. The Balaban J connectivity index is 1.97. The van der Waals surface area contributed by atoms with Crippen molar-refractivity contribution in [2.45, 2.75) is 37.0 Å². The smallest absolute Gasteiger partial charge is 0.235 e. The van der Waals surface area contributed by atoms with Crippen molar-refractivity contribution in [3.05, 3.63) is 0 Å². The number of ether oxygens (including phenoxy) is 1. The highest BCUT2D eigenvalue weighted by atomic mass is 32.2. The van der Waals surface area contributed by atoms with Gasteiger partial charge in [0.2, 0.25) is 16.1 Å². The monoisotopic (exact) mass is 274 g/mol. The van der Waals surface area contributed by atoms with Gasteiger partial charge in [-0.3, -0.25) is 0 Å². The highest BCUT2D eigenvalue weighted by molar-refractivity contribution is 7.89. The van der Waals surface area contributed by atoms with E-state index in [4.69, 9.17) is 4.74 Å². The molecule has 0 aromatic carbocycles. The molecule has 0 saturated carbocycles. The predicted octanol–water partition coefficient (Wildman–Crippen LogP) is 0.295. The first-order valence-electron chi connectivity index (χ1n) is 6.28. The number of rotatable bonds is 3. The Morgan fingerprint density at radius 3 is 2.28 bits per heavy atom. The van der Waals surface area contributed by atoms with Gasteiger partial charge in [-0.05, 0) is 25.7 Å². The molecule has 0 atom stereocenters. The summed E-state index contributed by atoms with van der Waals surface area (Å²) < 4.78 is 31.5. The standard InChI is InChI=1S/C11H18N2O4S/c14-9-12-10-1-5-13(6-2-10)18(15,16)11-3-7-17-8-4-11/h10-11H,1-8H2. The van der Waals surface area contributed by atoms with Crippen LogP contribution in [-0.4, -0.2) is 56.4 Å².